The van der Waals surface area contributed by atoms with Crippen molar-refractivity contribution >= 4 is 27.3 Å². The normalized spacial score (nSPS) is 20.2. The van der Waals surface area contributed by atoms with Crippen molar-refractivity contribution in [3.05, 3.63) is 70.4 Å². The van der Waals surface area contributed by atoms with Crippen molar-refractivity contribution in [3.63, 3.8) is 0 Å². The lowest BCUT2D eigenvalue weighted by Crippen LogP contribution is -2.41. The van der Waals surface area contributed by atoms with Crippen LogP contribution in [0.4, 0.5) is 4.39 Å². The lowest BCUT2D eigenvalue weighted by molar-refractivity contribution is 0.0778. The van der Waals surface area contributed by atoms with Gasteiger partial charge in [0, 0.05) is 36.9 Å². The van der Waals surface area contributed by atoms with Gasteiger partial charge < -0.3 is 4.90 Å². The second-order valence-corrected chi connectivity index (χ2v) is 8.56. The van der Waals surface area contributed by atoms with Crippen LogP contribution in [0, 0.1) is 5.82 Å². The van der Waals surface area contributed by atoms with Gasteiger partial charge in [-0.1, -0.05) is 24.3 Å². The maximum absolute atomic E-state index is 13.4. The first-order valence-electron chi connectivity index (χ1n) is 9.46. The zero-order chi connectivity index (χ0) is 18.4. The monoisotopic (exact) mass is 380 g/mol. The van der Waals surface area contributed by atoms with Gasteiger partial charge in [0.15, 0.2) is 0 Å². The van der Waals surface area contributed by atoms with E-state index in [1.165, 1.54) is 34.6 Å². The molecule has 0 bridgehead atoms. The molecule has 2 aliphatic rings. The Balaban J connectivity index is 1.29. The minimum absolute atomic E-state index is 0.0801. The van der Waals surface area contributed by atoms with Crippen molar-refractivity contribution in [3.8, 4) is 0 Å². The van der Waals surface area contributed by atoms with Gasteiger partial charge in [-0.05, 0) is 53.6 Å². The minimum Gasteiger partial charge on any atom is -0.336 e. The van der Waals surface area contributed by atoms with E-state index in [0.29, 0.717) is 10.9 Å². The van der Waals surface area contributed by atoms with Crippen LogP contribution in [0.2, 0.25) is 0 Å². The molecular formula is C22H21FN2OS. The Bertz CT molecular complexity index is 1010. The molecule has 1 aromatic heterocycles. The molecule has 0 spiro atoms. The molecule has 138 valence electrons. The Kier molecular flexibility index (Phi) is 4.21. The maximum Gasteiger partial charge on any atom is 0.264 e. The third kappa shape index (κ3) is 3.15. The molecule has 1 saturated heterocycles. The number of benzene rings is 2. The van der Waals surface area contributed by atoms with E-state index in [4.69, 9.17) is 0 Å². The Labute approximate surface area is 162 Å². The molecule has 0 radical (unpaired) electrons. The number of hydrogen-bond donors (Lipinski definition) is 0. The Morgan fingerprint density at radius 1 is 1.07 bits per heavy atom. The Morgan fingerprint density at radius 3 is 2.81 bits per heavy atom. The molecule has 2 aliphatic heterocycles. The number of carbonyl (C=O) groups is 1. The number of hydrogen-bond acceptors (Lipinski definition) is 3. The van der Waals surface area contributed by atoms with Gasteiger partial charge in [0.05, 0.1) is 4.88 Å². The van der Waals surface area contributed by atoms with Crippen molar-refractivity contribution in [2.75, 3.05) is 19.6 Å². The van der Waals surface area contributed by atoms with E-state index in [-0.39, 0.29) is 11.7 Å². The van der Waals surface area contributed by atoms with Crippen molar-refractivity contribution in [1.82, 2.24) is 9.80 Å². The van der Waals surface area contributed by atoms with Crippen LogP contribution < -0.4 is 0 Å². The fourth-order valence-corrected chi connectivity index (χ4v) is 5.34. The minimum atomic E-state index is -0.258. The largest absolute Gasteiger partial charge is 0.336 e. The molecule has 1 fully saturated rings. The third-order valence-electron chi connectivity index (χ3n) is 5.82. The predicted octanol–water partition coefficient (Wildman–Crippen LogP) is 4.31. The highest BCUT2D eigenvalue weighted by atomic mass is 32.1. The summed E-state index contributed by atoms with van der Waals surface area (Å²) in [5, 5.41) is 0.812. The molecule has 3 heterocycles. The average molecular weight is 380 g/mol. The van der Waals surface area contributed by atoms with Crippen LogP contribution in [0.25, 0.3) is 10.1 Å². The van der Waals surface area contributed by atoms with Crippen LogP contribution >= 0.6 is 11.3 Å². The van der Waals surface area contributed by atoms with Crippen molar-refractivity contribution in [1.29, 1.82) is 0 Å². The smallest absolute Gasteiger partial charge is 0.264 e. The van der Waals surface area contributed by atoms with Gasteiger partial charge in [0.1, 0.15) is 5.82 Å². The van der Waals surface area contributed by atoms with E-state index in [9.17, 15) is 9.18 Å². The number of halogens is 1. The Morgan fingerprint density at radius 2 is 1.93 bits per heavy atom. The highest BCUT2D eigenvalue weighted by Gasteiger charge is 2.32. The molecule has 2 aromatic carbocycles. The summed E-state index contributed by atoms with van der Waals surface area (Å²) in [5.41, 5.74) is 2.87. The summed E-state index contributed by atoms with van der Waals surface area (Å²) in [6.45, 7) is 3.62. The van der Waals surface area contributed by atoms with Crippen LogP contribution in [0.15, 0.2) is 48.5 Å². The fraction of sp³-hybridized carbons (Fsp3) is 0.318. The molecule has 3 nitrogen and oxygen atoms in total. The number of fused-ring (bicyclic) bond motifs is 2. The van der Waals surface area contributed by atoms with Crippen LogP contribution in [-0.4, -0.2) is 41.4 Å². The number of nitrogens with zero attached hydrogens (tertiary/aromatic N) is 2. The molecule has 1 atom stereocenters. The van der Waals surface area contributed by atoms with Gasteiger partial charge in [0.25, 0.3) is 5.91 Å². The summed E-state index contributed by atoms with van der Waals surface area (Å²) in [4.78, 5) is 18.1. The van der Waals surface area contributed by atoms with Gasteiger partial charge >= 0.3 is 0 Å². The molecular weight excluding hydrogens is 359 g/mol. The van der Waals surface area contributed by atoms with Gasteiger partial charge in [-0.25, -0.2) is 4.39 Å². The Hall–Kier alpha value is -2.24. The third-order valence-corrected chi connectivity index (χ3v) is 6.92. The molecule has 1 unspecified atom stereocenters. The number of rotatable bonds is 2. The molecule has 5 heteroatoms. The average Bonchev–Trinajstić information content (AvgIpc) is 3.34. The fourth-order valence-electron chi connectivity index (χ4n) is 4.33. The van der Waals surface area contributed by atoms with E-state index in [1.54, 1.807) is 6.07 Å². The van der Waals surface area contributed by atoms with E-state index < -0.39 is 0 Å². The summed E-state index contributed by atoms with van der Waals surface area (Å²) in [6, 6.07) is 15.6. The van der Waals surface area contributed by atoms with E-state index in [1.807, 2.05) is 11.0 Å². The van der Waals surface area contributed by atoms with Crippen LogP contribution in [0.3, 0.4) is 0 Å². The molecule has 1 amide bonds. The maximum atomic E-state index is 13.4. The first-order chi connectivity index (χ1) is 13.2. The van der Waals surface area contributed by atoms with E-state index in [0.717, 1.165) is 49.1 Å². The van der Waals surface area contributed by atoms with Crippen molar-refractivity contribution < 1.29 is 9.18 Å². The first kappa shape index (κ1) is 16.9. The standard InChI is InChI=1S/C22H21FN2OS/c23-18-5-6-20-17(11-18)12-21(27-20)22(26)25-10-8-19(14-25)24-9-7-15-3-1-2-4-16(15)13-24/h1-6,11-12,19H,7-10,13-14H2. The second-order valence-electron chi connectivity index (χ2n) is 7.48. The lowest BCUT2D eigenvalue weighted by atomic mass is 9.98. The van der Waals surface area contributed by atoms with Crippen LogP contribution in [0.1, 0.15) is 27.2 Å². The summed E-state index contributed by atoms with van der Waals surface area (Å²) in [5.74, 6) is -0.178. The van der Waals surface area contributed by atoms with E-state index in [2.05, 4.69) is 29.2 Å². The quantitative estimate of drug-likeness (QED) is 0.661. The zero-order valence-corrected chi connectivity index (χ0v) is 15.8. The molecule has 27 heavy (non-hydrogen) atoms. The SMILES string of the molecule is O=C(c1cc2cc(F)ccc2s1)N1CCC(N2CCc3ccccc3C2)C1. The number of carbonyl (C=O) groups excluding carboxylic acids is 1. The van der Waals surface area contributed by atoms with E-state index >= 15 is 0 Å². The van der Waals surface area contributed by atoms with Crippen LogP contribution in [0.5, 0.6) is 0 Å². The van der Waals surface area contributed by atoms with Gasteiger partial charge in [-0.2, -0.15) is 0 Å². The molecule has 3 aromatic rings. The lowest BCUT2D eigenvalue weighted by Gasteiger charge is -2.33. The number of thiophene rings is 1. The van der Waals surface area contributed by atoms with Crippen molar-refractivity contribution in [2.24, 2.45) is 0 Å². The molecule has 0 aliphatic carbocycles. The van der Waals surface area contributed by atoms with Gasteiger partial charge in [-0.15, -0.1) is 11.3 Å². The topological polar surface area (TPSA) is 23.6 Å². The van der Waals surface area contributed by atoms with Crippen molar-refractivity contribution in [2.45, 2.75) is 25.4 Å². The summed E-state index contributed by atoms with van der Waals surface area (Å²) in [7, 11) is 0. The molecule has 0 N–H and O–H groups in total. The number of likely N-dealkylation sites (tertiary alicyclic amines) is 1. The summed E-state index contributed by atoms with van der Waals surface area (Å²) in [6.07, 6.45) is 2.11. The number of amides is 1. The van der Waals surface area contributed by atoms with Gasteiger partial charge in [0.2, 0.25) is 0 Å². The highest BCUT2D eigenvalue weighted by Crippen LogP contribution is 2.30. The van der Waals surface area contributed by atoms with Crippen LogP contribution in [-0.2, 0) is 13.0 Å². The molecule has 0 saturated carbocycles. The zero-order valence-electron chi connectivity index (χ0n) is 15.0. The summed E-state index contributed by atoms with van der Waals surface area (Å²) >= 11 is 1.46. The summed E-state index contributed by atoms with van der Waals surface area (Å²) < 4.78 is 14.4. The first-order valence-corrected chi connectivity index (χ1v) is 10.3. The highest BCUT2D eigenvalue weighted by molar-refractivity contribution is 7.20. The molecule has 5 rings (SSSR count). The second kappa shape index (κ2) is 6.73. The predicted molar refractivity (Wildman–Crippen MR) is 107 cm³/mol. The van der Waals surface area contributed by atoms with Gasteiger partial charge in [-0.3, -0.25) is 9.69 Å².